The number of pyridine rings is 1. The van der Waals surface area contributed by atoms with E-state index in [-0.39, 0.29) is 12.5 Å². The summed E-state index contributed by atoms with van der Waals surface area (Å²) in [5, 5.41) is 5.97. The first kappa shape index (κ1) is 16.2. The maximum atomic E-state index is 12.4. The predicted molar refractivity (Wildman–Crippen MR) is 103 cm³/mol. The molecule has 7 heteroatoms. The summed E-state index contributed by atoms with van der Waals surface area (Å²) in [7, 11) is 0. The number of hydrogen-bond acceptors (Lipinski definition) is 5. The summed E-state index contributed by atoms with van der Waals surface area (Å²) in [6.07, 6.45) is 3.35. The van der Waals surface area contributed by atoms with Crippen LogP contribution >= 0.6 is 11.3 Å². The molecule has 0 aliphatic rings. The number of nitrogens with zero attached hydrogens (tertiary/aromatic N) is 4. The van der Waals surface area contributed by atoms with E-state index >= 15 is 0 Å². The Balaban J connectivity index is 1.61. The van der Waals surface area contributed by atoms with Gasteiger partial charge in [0.1, 0.15) is 12.2 Å². The molecule has 3 heterocycles. The average Bonchev–Trinajstić information content (AvgIpc) is 3.31. The Bertz CT molecular complexity index is 1050. The molecular weight excluding hydrogens is 346 g/mol. The zero-order valence-electron chi connectivity index (χ0n) is 13.7. The van der Waals surface area contributed by atoms with Gasteiger partial charge in [-0.15, -0.1) is 11.3 Å². The van der Waals surface area contributed by atoms with Gasteiger partial charge in [0.05, 0.1) is 17.2 Å². The van der Waals surface area contributed by atoms with Crippen LogP contribution in [-0.4, -0.2) is 26.7 Å². The van der Waals surface area contributed by atoms with Crippen molar-refractivity contribution in [1.29, 1.82) is 0 Å². The molecule has 0 bridgehead atoms. The molecule has 0 fully saturated rings. The maximum absolute atomic E-state index is 12.4. The van der Waals surface area contributed by atoms with Gasteiger partial charge in [-0.05, 0) is 35.7 Å². The number of rotatable bonds is 5. The molecule has 0 aliphatic heterocycles. The fourth-order valence-corrected chi connectivity index (χ4v) is 3.22. The van der Waals surface area contributed by atoms with Gasteiger partial charge in [0.2, 0.25) is 0 Å². The van der Waals surface area contributed by atoms with Crippen LogP contribution in [0.3, 0.4) is 0 Å². The Morgan fingerprint density at radius 3 is 2.85 bits per heavy atom. The second-order valence-corrected chi connectivity index (χ2v) is 6.51. The number of amides is 1. The minimum absolute atomic E-state index is 0.105. The van der Waals surface area contributed by atoms with Crippen LogP contribution in [0.4, 0.5) is 0 Å². The van der Waals surface area contributed by atoms with Gasteiger partial charge in [-0.3, -0.25) is 9.78 Å². The molecule has 1 amide bonds. The average molecular weight is 361 g/mol. The molecule has 1 aromatic carbocycles. The first-order chi connectivity index (χ1) is 12.8. The Morgan fingerprint density at radius 1 is 1.15 bits per heavy atom. The molecule has 4 rings (SSSR count). The zero-order valence-corrected chi connectivity index (χ0v) is 14.6. The van der Waals surface area contributed by atoms with E-state index in [1.165, 1.54) is 0 Å². The normalized spacial score (nSPS) is 11.2. The van der Waals surface area contributed by atoms with Gasteiger partial charge in [0.15, 0.2) is 5.82 Å². The Morgan fingerprint density at radius 2 is 2.04 bits per heavy atom. The molecule has 0 saturated heterocycles. The van der Waals surface area contributed by atoms with Crippen LogP contribution in [-0.2, 0) is 11.3 Å². The smallest absolute Gasteiger partial charge is 0.260 e. The van der Waals surface area contributed by atoms with Gasteiger partial charge in [-0.1, -0.05) is 24.3 Å². The van der Waals surface area contributed by atoms with Gasteiger partial charge in [-0.2, -0.15) is 5.10 Å². The molecule has 0 unspecified atom stereocenters. The van der Waals surface area contributed by atoms with Crippen molar-refractivity contribution >= 4 is 34.5 Å². The van der Waals surface area contributed by atoms with Crippen molar-refractivity contribution < 1.29 is 4.79 Å². The maximum Gasteiger partial charge on any atom is 0.260 e. The number of aromatic nitrogens is 3. The van der Waals surface area contributed by atoms with Crippen molar-refractivity contribution in [1.82, 2.24) is 20.0 Å². The van der Waals surface area contributed by atoms with Gasteiger partial charge < -0.3 is 4.57 Å². The lowest BCUT2D eigenvalue weighted by molar-refractivity contribution is -0.121. The number of imidazole rings is 1. The SMILES string of the molecule is O=C(Cn1c(-c2ccccn2)nc2ccccc21)N/N=C/c1cccs1. The minimum atomic E-state index is -0.224. The Hall–Kier alpha value is -3.32. The van der Waals surface area contributed by atoms with Crippen molar-refractivity contribution in [2.24, 2.45) is 5.10 Å². The monoisotopic (exact) mass is 361 g/mol. The van der Waals surface area contributed by atoms with Crippen molar-refractivity contribution in [3.63, 3.8) is 0 Å². The molecule has 0 saturated carbocycles. The summed E-state index contributed by atoms with van der Waals surface area (Å²) in [5.74, 6) is 0.433. The molecular formula is C19H15N5OS. The lowest BCUT2D eigenvalue weighted by atomic mass is 10.3. The predicted octanol–water partition coefficient (Wildman–Crippen LogP) is 3.31. The first-order valence-corrected chi connectivity index (χ1v) is 8.91. The quantitative estimate of drug-likeness (QED) is 0.438. The van der Waals surface area contributed by atoms with Crippen LogP contribution in [0, 0.1) is 0 Å². The van der Waals surface area contributed by atoms with Crippen LogP contribution in [0.5, 0.6) is 0 Å². The summed E-state index contributed by atoms with van der Waals surface area (Å²) in [4.78, 5) is 22.4. The summed E-state index contributed by atoms with van der Waals surface area (Å²) in [6.45, 7) is 0.105. The van der Waals surface area contributed by atoms with Crippen LogP contribution in [0.2, 0.25) is 0 Å². The Kier molecular flexibility index (Phi) is 4.53. The van der Waals surface area contributed by atoms with Crippen LogP contribution in [0.25, 0.3) is 22.6 Å². The molecule has 4 aromatic rings. The third-order valence-corrected chi connectivity index (χ3v) is 4.58. The van der Waals surface area contributed by atoms with E-state index < -0.39 is 0 Å². The molecule has 6 nitrogen and oxygen atoms in total. The number of thiophene rings is 1. The van der Waals surface area contributed by atoms with Crippen molar-refractivity contribution in [2.75, 3.05) is 0 Å². The number of nitrogens with one attached hydrogen (secondary N) is 1. The van der Waals surface area contributed by atoms with E-state index in [4.69, 9.17) is 0 Å². The zero-order chi connectivity index (χ0) is 17.8. The second kappa shape index (κ2) is 7.28. The van der Waals surface area contributed by atoms with Crippen molar-refractivity contribution in [3.05, 3.63) is 71.1 Å². The van der Waals surface area contributed by atoms with E-state index in [1.54, 1.807) is 23.7 Å². The number of carbonyl (C=O) groups is 1. The fourth-order valence-electron chi connectivity index (χ4n) is 2.64. The molecule has 0 aliphatic carbocycles. The highest BCUT2D eigenvalue weighted by Crippen LogP contribution is 2.23. The number of benzene rings is 1. The molecule has 0 spiro atoms. The van der Waals surface area contributed by atoms with Crippen LogP contribution in [0.15, 0.2) is 71.3 Å². The minimum Gasteiger partial charge on any atom is -0.313 e. The highest BCUT2D eigenvalue weighted by molar-refractivity contribution is 7.11. The molecule has 0 atom stereocenters. The highest BCUT2D eigenvalue weighted by Gasteiger charge is 2.15. The van der Waals surface area contributed by atoms with Crippen LogP contribution in [0.1, 0.15) is 4.88 Å². The lowest BCUT2D eigenvalue weighted by Crippen LogP contribution is -2.23. The van der Waals surface area contributed by atoms with Crippen molar-refractivity contribution in [3.8, 4) is 11.5 Å². The molecule has 128 valence electrons. The summed E-state index contributed by atoms with van der Waals surface area (Å²) in [5.41, 5.74) is 4.99. The molecule has 1 N–H and O–H groups in total. The summed E-state index contributed by atoms with van der Waals surface area (Å²) < 4.78 is 1.85. The largest absolute Gasteiger partial charge is 0.313 e. The lowest BCUT2D eigenvalue weighted by Gasteiger charge is -2.07. The van der Waals surface area contributed by atoms with Gasteiger partial charge in [0, 0.05) is 11.1 Å². The van der Waals surface area contributed by atoms with E-state index in [0.29, 0.717) is 5.82 Å². The number of hydrazone groups is 1. The number of para-hydroxylation sites is 2. The standard InChI is InChI=1S/C19H15N5OS/c25-18(23-21-12-14-6-5-11-26-14)13-24-17-9-2-1-7-15(17)22-19(24)16-8-3-4-10-20-16/h1-12H,13H2,(H,23,25)/b21-12+. The summed E-state index contributed by atoms with van der Waals surface area (Å²) >= 11 is 1.56. The van der Waals surface area contributed by atoms with Gasteiger partial charge in [0.25, 0.3) is 5.91 Å². The topological polar surface area (TPSA) is 72.2 Å². The van der Waals surface area contributed by atoms with E-state index in [1.807, 2.05) is 64.5 Å². The Labute approximate surface area is 153 Å². The van der Waals surface area contributed by atoms with Gasteiger partial charge in [-0.25, -0.2) is 10.4 Å². The highest BCUT2D eigenvalue weighted by atomic mass is 32.1. The first-order valence-electron chi connectivity index (χ1n) is 8.03. The number of hydrogen-bond donors (Lipinski definition) is 1. The number of carbonyl (C=O) groups excluding carboxylic acids is 1. The van der Waals surface area contributed by atoms with E-state index in [2.05, 4.69) is 20.5 Å². The molecule has 3 aromatic heterocycles. The molecule has 0 radical (unpaired) electrons. The van der Waals surface area contributed by atoms with Crippen molar-refractivity contribution in [2.45, 2.75) is 6.54 Å². The molecule has 26 heavy (non-hydrogen) atoms. The third kappa shape index (κ3) is 3.38. The van der Waals surface area contributed by atoms with E-state index in [0.717, 1.165) is 21.6 Å². The third-order valence-electron chi connectivity index (χ3n) is 3.77. The number of fused-ring (bicyclic) bond motifs is 1. The summed E-state index contributed by atoms with van der Waals surface area (Å²) in [6, 6.07) is 17.2. The second-order valence-electron chi connectivity index (χ2n) is 5.53. The van der Waals surface area contributed by atoms with Gasteiger partial charge >= 0.3 is 0 Å². The van der Waals surface area contributed by atoms with E-state index in [9.17, 15) is 4.79 Å². The van der Waals surface area contributed by atoms with Crippen LogP contribution < -0.4 is 5.43 Å². The fraction of sp³-hybridized carbons (Fsp3) is 0.0526.